The maximum atomic E-state index is 13.9. The Bertz CT molecular complexity index is 707. The molecule has 0 bridgehead atoms. The molecule has 0 unspecified atom stereocenters. The van der Waals surface area contributed by atoms with Gasteiger partial charge in [0.2, 0.25) is 0 Å². The van der Waals surface area contributed by atoms with Crippen molar-refractivity contribution in [1.29, 1.82) is 0 Å². The molecule has 0 aliphatic rings. The summed E-state index contributed by atoms with van der Waals surface area (Å²) >= 11 is 0. The van der Waals surface area contributed by atoms with Gasteiger partial charge in [-0.3, -0.25) is 0 Å². The minimum absolute atomic E-state index is 0.155. The van der Waals surface area contributed by atoms with E-state index in [1.54, 1.807) is 0 Å². The van der Waals surface area contributed by atoms with Crippen molar-refractivity contribution in [3.63, 3.8) is 0 Å². The van der Waals surface area contributed by atoms with E-state index in [1.165, 1.54) is 0 Å². The molecular formula is C14H7F5O2. The van der Waals surface area contributed by atoms with E-state index >= 15 is 0 Å². The predicted octanol–water partition coefficient (Wildman–Crippen LogP) is 4.35. The van der Waals surface area contributed by atoms with Crippen LogP contribution in [0.15, 0.2) is 36.4 Å². The standard InChI is InChI=1S/C14H7F5O2/c15-11-5-4-7(6-9(11)13(20)21)8-2-1-3-10(12(8)16)14(17,18)19/h1-6H,(H,20,21). The molecule has 2 rings (SSSR count). The van der Waals surface area contributed by atoms with Crippen molar-refractivity contribution >= 4 is 5.97 Å². The van der Waals surface area contributed by atoms with Gasteiger partial charge in [0, 0.05) is 5.56 Å². The lowest BCUT2D eigenvalue weighted by Crippen LogP contribution is -2.09. The third-order valence-corrected chi connectivity index (χ3v) is 2.81. The van der Waals surface area contributed by atoms with Crippen LogP contribution in [0.2, 0.25) is 0 Å². The molecule has 0 spiro atoms. The van der Waals surface area contributed by atoms with Crippen LogP contribution in [0.4, 0.5) is 22.0 Å². The molecule has 0 aromatic heterocycles. The molecule has 0 radical (unpaired) electrons. The average Bonchev–Trinajstić information content (AvgIpc) is 2.38. The summed E-state index contributed by atoms with van der Waals surface area (Å²) < 4.78 is 65.0. The molecule has 0 fully saturated rings. The molecule has 0 saturated carbocycles. The van der Waals surface area contributed by atoms with Crippen LogP contribution in [-0.2, 0) is 6.18 Å². The quantitative estimate of drug-likeness (QED) is 0.837. The third-order valence-electron chi connectivity index (χ3n) is 2.81. The number of rotatable bonds is 2. The monoisotopic (exact) mass is 302 g/mol. The van der Waals surface area contributed by atoms with Crippen molar-refractivity contribution in [1.82, 2.24) is 0 Å². The Labute approximate surface area is 115 Å². The first-order valence-electron chi connectivity index (χ1n) is 5.60. The minimum Gasteiger partial charge on any atom is -0.478 e. The molecule has 0 amide bonds. The van der Waals surface area contributed by atoms with Crippen LogP contribution in [0.25, 0.3) is 11.1 Å². The number of alkyl halides is 3. The number of aromatic carboxylic acids is 1. The lowest BCUT2D eigenvalue weighted by Gasteiger charge is -2.11. The van der Waals surface area contributed by atoms with Crippen molar-refractivity contribution in [2.24, 2.45) is 0 Å². The van der Waals surface area contributed by atoms with Crippen molar-refractivity contribution in [3.05, 3.63) is 59.2 Å². The number of carboxylic acids is 1. The number of benzene rings is 2. The van der Waals surface area contributed by atoms with Crippen LogP contribution in [-0.4, -0.2) is 11.1 Å². The molecule has 2 aromatic carbocycles. The van der Waals surface area contributed by atoms with E-state index in [0.29, 0.717) is 6.07 Å². The highest BCUT2D eigenvalue weighted by molar-refractivity contribution is 5.89. The van der Waals surface area contributed by atoms with Gasteiger partial charge in [0.1, 0.15) is 11.6 Å². The molecule has 1 N–H and O–H groups in total. The first-order chi connectivity index (χ1) is 9.71. The molecule has 2 aromatic rings. The van der Waals surface area contributed by atoms with Gasteiger partial charge in [-0.25, -0.2) is 13.6 Å². The van der Waals surface area contributed by atoms with Gasteiger partial charge in [-0.2, -0.15) is 13.2 Å². The minimum atomic E-state index is -4.88. The predicted molar refractivity (Wildman–Crippen MR) is 63.8 cm³/mol. The van der Waals surface area contributed by atoms with Crippen molar-refractivity contribution in [2.75, 3.05) is 0 Å². The normalized spacial score (nSPS) is 11.5. The fourth-order valence-corrected chi connectivity index (χ4v) is 1.83. The first kappa shape index (κ1) is 15.0. The second-order valence-corrected chi connectivity index (χ2v) is 4.16. The number of halogens is 5. The van der Waals surface area contributed by atoms with Gasteiger partial charge in [-0.1, -0.05) is 18.2 Å². The number of carboxylic acid groups (broad SMARTS) is 1. The second-order valence-electron chi connectivity index (χ2n) is 4.16. The van der Waals surface area contributed by atoms with Gasteiger partial charge in [0.05, 0.1) is 11.1 Å². The Balaban J connectivity index is 2.63. The summed E-state index contributed by atoms with van der Waals surface area (Å²) in [5.41, 5.74) is -2.82. The van der Waals surface area contributed by atoms with Gasteiger partial charge >= 0.3 is 12.1 Å². The number of hydrogen-bond acceptors (Lipinski definition) is 1. The zero-order chi connectivity index (χ0) is 15.8. The highest BCUT2D eigenvalue weighted by Crippen LogP contribution is 2.35. The van der Waals surface area contributed by atoms with E-state index in [1.807, 2.05) is 0 Å². The van der Waals surface area contributed by atoms with E-state index in [4.69, 9.17) is 5.11 Å². The Morgan fingerprint density at radius 1 is 1.05 bits per heavy atom. The summed E-state index contributed by atoms with van der Waals surface area (Å²) in [5, 5.41) is 8.78. The van der Waals surface area contributed by atoms with Crippen molar-refractivity contribution in [3.8, 4) is 11.1 Å². The fraction of sp³-hybridized carbons (Fsp3) is 0.0714. The van der Waals surface area contributed by atoms with Crippen LogP contribution >= 0.6 is 0 Å². The Kier molecular flexibility index (Phi) is 3.67. The summed E-state index contributed by atoms with van der Waals surface area (Å²) in [5.74, 6) is -4.19. The number of carbonyl (C=O) groups is 1. The smallest absolute Gasteiger partial charge is 0.419 e. The van der Waals surface area contributed by atoms with Gasteiger partial charge in [0.25, 0.3) is 0 Å². The highest BCUT2D eigenvalue weighted by atomic mass is 19.4. The topological polar surface area (TPSA) is 37.3 Å². The zero-order valence-corrected chi connectivity index (χ0v) is 10.2. The van der Waals surface area contributed by atoms with Crippen LogP contribution in [0, 0.1) is 11.6 Å². The second kappa shape index (κ2) is 5.16. The van der Waals surface area contributed by atoms with Crippen LogP contribution in [0.5, 0.6) is 0 Å². The maximum Gasteiger partial charge on any atom is 0.419 e. The number of hydrogen-bond donors (Lipinski definition) is 1. The lowest BCUT2D eigenvalue weighted by atomic mass is 9.99. The Morgan fingerprint density at radius 3 is 2.29 bits per heavy atom. The first-order valence-corrected chi connectivity index (χ1v) is 5.60. The van der Waals surface area contributed by atoms with Gasteiger partial charge < -0.3 is 5.11 Å². The summed E-state index contributed by atoms with van der Waals surface area (Å²) in [7, 11) is 0. The highest BCUT2D eigenvalue weighted by Gasteiger charge is 2.35. The maximum absolute atomic E-state index is 13.9. The molecule has 0 saturated heterocycles. The third kappa shape index (κ3) is 2.86. The van der Waals surface area contributed by atoms with Gasteiger partial charge in [0.15, 0.2) is 0 Å². The molecule has 0 heterocycles. The Hall–Kier alpha value is -2.44. The van der Waals surface area contributed by atoms with E-state index in [2.05, 4.69) is 0 Å². The van der Waals surface area contributed by atoms with Crippen molar-refractivity contribution < 1.29 is 31.9 Å². The van der Waals surface area contributed by atoms with Gasteiger partial charge in [-0.05, 0) is 23.8 Å². The van der Waals surface area contributed by atoms with E-state index in [9.17, 15) is 26.7 Å². The van der Waals surface area contributed by atoms with Gasteiger partial charge in [-0.15, -0.1) is 0 Å². The van der Waals surface area contributed by atoms with Crippen LogP contribution < -0.4 is 0 Å². The summed E-state index contributed by atoms with van der Waals surface area (Å²) in [6, 6.07) is 5.18. The van der Waals surface area contributed by atoms with Crippen LogP contribution in [0.1, 0.15) is 15.9 Å². The Morgan fingerprint density at radius 2 is 1.71 bits per heavy atom. The molecular weight excluding hydrogens is 295 g/mol. The van der Waals surface area contributed by atoms with E-state index in [0.717, 1.165) is 30.3 Å². The molecule has 0 aliphatic carbocycles. The molecule has 110 valence electrons. The summed E-state index contributed by atoms with van der Waals surface area (Å²) in [6.07, 6.45) is -4.88. The fourth-order valence-electron chi connectivity index (χ4n) is 1.83. The summed E-state index contributed by atoms with van der Waals surface area (Å²) in [4.78, 5) is 10.8. The SMILES string of the molecule is O=C(O)c1cc(-c2cccc(C(F)(F)F)c2F)ccc1F. The molecule has 21 heavy (non-hydrogen) atoms. The molecule has 2 nitrogen and oxygen atoms in total. The van der Waals surface area contributed by atoms with E-state index < -0.39 is 40.5 Å². The molecule has 0 aliphatic heterocycles. The zero-order valence-electron chi connectivity index (χ0n) is 10.2. The average molecular weight is 302 g/mol. The lowest BCUT2D eigenvalue weighted by molar-refractivity contribution is -0.139. The summed E-state index contributed by atoms with van der Waals surface area (Å²) in [6.45, 7) is 0. The molecule has 0 atom stereocenters. The largest absolute Gasteiger partial charge is 0.478 e. The van der Waals surface area contributed by atoms with E-state index in [-0.39, 0.29) is 5.56 Å². The van der Waals surface area contributed by atoms with Crippen LogP contribution in [0.3, 0.4) is 0 Å². The van der Waals surface area contributed by atoms with Crippen molar-refractivity contribution in [2.45, 2.75) is 6.18 Å². The molecule has 7 heteroatoms.